The first-order chi connectivity index (χ1) is 15.0. The fraction of sp³-hybridized carbons (Fsp3) is 0.375. The number of amides is 1. The Morgan fingerprint density at radius 3 is 2.68 bits per heavy atom. The zero-order chi connectivity index (χ0) is 21.4. The SMILES string of the molecule is C[NH+]1CCC2(CC1)C[C@@H](NC(=O)Cc1n[nH]c(=O)c3ccccc13)c1ccccc1O2. The first-order valence-corrected chi connectivity index (χ1v) is 10.9. The van der Waals surface area contributed by atoms with Gasteiger partial charge in [0.1, 0.15) is 11.4 Å². The molecule has 0 unspecified atom stereocenters. The van der Waals surface area contributed by atoms with E-state index in [-0.39, 0.29) is 29.5 Å². The number of aromatic nitrogens is 2. The maximum atomic E-state index is 13.1. The lowest BCUT2D eigenvalue weighted by atomic mass is 9.80. The molecule has 3 heterocycles. The van der Waals surface area contributed by atoms with Crippen molar-refractivity contribution in [2.24, 2.45) is 0 Å². The van der Waals surface area contributed by atoms with Crippen molar-refractivity contribution in [3.63, 3.8) is 0 Å². The van der Waals surface area contributed by atoms with Gasteiger partial charge in [0.2, 0.25) is 5.91 Å². The van der Waals surface area contributed by atoms with Crippen molar-refractivity contribution in [1.29, 1.82) is 0 Å². The second-order valence-corrected chi connectivity index (χ2v) is 8.83. The van der Waals surface area contributed by atoms with E-state index in [0.29, 0.717) is 16.5 Å². The number of hydrogen-bond acceptors (Lipinski definition) is 4. The van der Waals surface area contributed by atoms with Crippen LogP contribution in [-0.4, -0.2) is 41.8 Å². The van der Waals surface area contributed by atoms with Crippen molar-refractivity contribution in [3.05, 3.63) is 70.1 Å². The largest absolute Gasteiger partial charge is 0.486 e. The lowest BCUT2D eigenvalue weighted by Crippen LogP contribution is -3.10. The third kappa shape index (κ3) is 3.81. The number of para-hydroxylation sites is 1. The van der Waals surface area contributed by atoms with Gasteiger partial charge in [-0.3, -0.25) is 9.59 Å². The second kappa shape index (κ2) is 7.81. The van der Waals surface area contributed by atoms with Crippen molar-refractivity contribution >= 4 is 16.7 Å². The number of H-pyrrole nitrogens is 1. The van der Waals surface area contributed by atoms with Crippen LogP contribution >= 0.6 is 0 Å². The quantitative estimate of drug-likeness (QED) is 0.594. The van der Waals surface area contributed by atoms with Gasteiger partial charge in [-0.1, -0.05) is 36.4 Å². The van der Waals surface area contributed by atoms with Crippen LogP contribution in [0.5, 0.6) is 5.75 Å². The van der Waals surface area contributed by atoms with Gasteiger partial charge in [-0.15, -0.1) is 0 Å². The van der Waals surface area contributed by atoms with Crippen LogP contribution in [0.15, 0.2) is 53.3 Å². The molecule has 0 saturated carbocycles. The van der Waals surface area contributed by atoms with Gasteiger partial charge in [-0.25, -0.2) is 5.10 Å². The van der Waals surface area contributed by atoms with Crippen molar-refractivity contribution in [2.75, 3.05) is 20.1 Å². The van der Waals surface area contributed by atoms with Gasteiger partial charge >= 0.3 is 0 Å². The summed E-state index contributed by atoms with van der Waals surface area (Å²) in [5.41, 5.74) is 1.12. The maximum absolute atomic E-state index is 13.1. The van der Waals surface area contributed by atoms with E-state index in [1.54, 1.807) is 6.07 Å². The van der Waals surface area contributed by atoms with E-state index < -0.39 is 0 Å². The standard InChI is InChI=1S/C24H26N4O3/c1-28-12-10-24(11-13-28)15-20(18-8-4-5-9-21(18)31-24)25-22(29)14-19-16-6-2-3-7-17(16)23(30)27-26-19/h2-9,20H,10-15H2,1H3,(H,25,29)(H,27,30)/p+1/t20-/m1/s1. The molecule has 1 aromatic heterocycles. The third-order valence-corrected chi connectivity index (χ3v) is 6.65. The summed E-state index contributed by atoms with van der Waals surface area (Å²) < 4.78 is 6.49. The first kappa shape index (κ1) is 19.8. The summed E-state index contributed by atoms with van der Waals surface area (Å²) in [6.45, 7) is 2.13. The topological polar surface area (TPSA) is 88.5 Å². The first-order valence-electron chi connectivity index (χ1n) is 10.9. The highest BCUT2D eigenvalue weighted by atomic mass is 16.5. The van der Waals surface area contributed by atoms with Crippen molar-refractivity contribution in [3.8, 4) is 5.75 Å². The van der Waals surface area contributed by atoms with Gasteiger partial charge in [0.05, 0.1) is 43.7 Å². The van der Waals surface area contributed by atoms with Crippen LogP contribution in [0.2, 0.25) is 0 Å². The van der Waals surface area contributed by atoms with Gasteiger partial charge in [-0.05, 0) is 12.1 Å². The van der Waals surface area contributed by atoms with E-state index in [9.17, 15) is 9.59 Å². The molecule has 1 saturated heterocycles. The molecule has 0 radical (unpaired) electrons. The normalized spacial score (nSPS) is 25.1. The number of ether oxygens (including phenoxy) is 1. The molecule has 7 heteroatoms. The maximum Gasteiger partial charge on any atom is 0.272 e. The zero-order valence-electron chi connectivity index (χ0n) is 17.6. The Morgan fingerprint density at radius 2 is 1.87 bits per heavy atom. The minimum absolute atomic E-state index is 0.107. The molecular formula is C24H27N4O3+. The van der Waals surface area contributed by atoms with Gasteiger partial charge in [-0.2, -0.15) is 5.10 Å². The summed E-state index contributed by atoms with van der Waals surface area (Å²) >= 11 is 0. The summed E-state index contributed by atoms with van der Waals surface area (Å²) in [5.74, 6) is 0.756. The van der Waals surface area contributed by atoms with E-state index >= 15 is 0 Å². The van der Waals surface area contributed by atoms with Gasteiger partial charge in [0, 0.05) is 30.2 Å². The number of quaternary nitrogens is 1. The minimum Gasteiger partial charge on any atom is -0.486 e. The van der Waals surface area contributed by atoms with Gasteiger partial charge in [0.15, 0.2) is 0 Å². The number of benzene rings is 2. The number of fused-ring (bicyclic) bond motifs is 2. The summed E-state index contributed by atoms with van der Waals surface area (Å²) in [5, 5.41) is 11.1. The monoisotopic (exact) mass is 419 g/mol. The molecule has 7 nitrogen and oxygen atoms in total. The van der Waals surface area contributed by atoms with Crippen LogP contribution in [0, 0.1) is 0 Å². The molecule has 3 aromatic rings. The molecule has 1 amide bonds. The highest BCUT2D eigenvalue weighted by Crippen LogP contribution is 2.43. The molecule has 1 fully saturated rings. The van der Waals surface area contributed by atoms with E-state index in [2.05, 4.69) is 22.6 Å². The van der Waals surface area contributed by atoms with E-state index in [1.165, 1.54) is 4.90 Å². The molecule has 3 N–H and O–H groups in total. The van der Waals surface area contributed by atoms with E-state index in [1.807, 2.05) is 42.5 Å². The van der Waals surface area contributed by atoms with Crippen molar-refractivity contribution < 1.29 is 14.4 Å². The van der Waals surface area contributed by atoms with Crippen LogP contribution < -0.4 is 20.5 Å². The Morgan fingerprint density at radius 1 is 1.16 bits per heavy atom. The number of likely N-dealkylation sites (tertiary alicyclic amines) is 1. The molecule has 1 spiro atoms. The van der Waals surface area contributed by atoms with Crippen molar-refractivity contribution in [2.45, 2.75) is 37.3 Å². The molecule has 2 aliphatic rings. The molecule has 0 bridgehead atoms. The second-order valence-electron chi connectivity index (χ2n) is 8.83. The summed E-state index contributed by atoms with van der Waals surface area (Å²) in [6.07, 6.45) is 2.83. The van der Waals surface area contributed by atoms with E-state index in [0.717, 1.165) is 43.7 Å². The number of carbonyl (C=O) groups excluding carboxylic acids is 1. The van der Waals surface area contributed by atoms with Gasteiger partial charge < -0.3 is 15.0 Å². The molecule has 0 aliphatic carbocycles. The molecule has 31 heavy (non-hydrogen) atoms. The van der Waals surface area contributed by atoms with Crippen LogP contribution in [0.25, 0.3) is 10.8 Å². The fourth-order valence-corrected chi connectivity index (χ4v) is 4.89. The van der Waals surface area contributed by atoms with Crippen LogP contribution in [0.4, 0.5) is 0 Å². The summed E-state index contributed by atoms with van der Waals surface area (Å²) in [6, 6.07) is 15.1. The predicted octanol–water partition coefficient (Wildman–Crippen LogP) is 1.15. The highest BCUT2D eigenvalue weighted by Gasteiger charge is 2.44. The van der Waals surface area contributed by atoms with E-state index in [4.69, 9.17) is 4.74 Å². The average Bonchev–Trinajstić information content (AvgIpc) is 2.78. The van der Waals surface area contributed by atoms with Gasteiger partial charge in [0.25, 0.3) is 5.56 Å². The molecule has 1 atom stereocenters. The van der Waals surface area contributed by atoms with Crippen LogP contribution in [0.1, 0.15) is 36.6 Å². The minimum atomic E-state index is -0.246. The third-order valence-electron chi connectivity index (χ3n) is 6.65. The number of aromatic amines is 1. The lowest BCUT2D eigenvalue weighted by molar-refractivity contribution is -0.887. The number of rotatable bonds is 3. The number of nitrogens with zero attached hydrogens (tertiary/aromatic N) is 1. The summed E-state index contributed by atoms with van der Waals surface area (Å²) in [7, 11) is 2.21. The van der Waals surface area contributed by atoms with Crippen LogP contribution in [0.3, 0.4) is 0 Å². The Balaban J connectivity index is 1.39. The van der Waals surface area contributed by atoms with Crippen molar-refractivity contribution in [1.82, 2.24) is 15.5 Å². The molecule has 5 rings (SSSR count). The number of piperidine rings is 1. The van der Waals surface area contributed by atoms with Crippen LogP contribution in [-0.2, 0) is 11.2 Å². The number of carbonyl (C=O) groups is 1. The molecule has 2 aliphatic heterocycles. The molecule has 2 aromatic carbocycles. The number of hydrogen-bond donors (Lipinski definition) is 3. The zero-order valence-corrected chi connectivity index (χ0v) is 17.6. The smallest absolute Gasteiger partial charge is 0.272 e. The average molecular weight is 420 g/mol. The predicted molar refractivity (Wildman–Crippen MR) is 117 cm³/mol. The lowest BCUT2D eigenvalue weighted by Gasteiger charge is -2.45. The summed E-state index contributed by atoms with van der Waals surface area (Å²) in [4.78, 5) is 26.6. The molecular weight excluding hydrogens is 392 g/mol. The Hall–Kier alpha value is -3.19. The number of nitrogens with one attached hydrogen (secondary N) is 3. The Labute approximate surface area is 180 Å². The highest BCUT2D eigenvalue weighted by molar-refractivity contribution is 5.88. The molecule has 160 valence electrons. The Kier molecular flexibility index (Phi) is 4.98. The Bertz CT molecular complexity index is 1180. The fourth-order valence-electron chi connectivity index (χ4n) is 4.89.